The number of alkyl halides is 3. The Labute approximate surface area is 107 Å². The highest BCUT2D eigenvalue weighted by Gasteiger charge is 2.33. The molecule has 0 fully saturated rings. The molecule has 0 N–H and O–H groups in total. The number of hydrogen-bond donors (Lipinski definition) is 0. The van der Waals surface area contributed by atoms with E-state index in [4.69, 9.17) is 5.26 Å². The maximum atomic E-state index is 12.5. The Hall–Kier alpha value is -2.42. The van der Waals surface area contributed by atoms with Crippen LogP contribution >= 0.6 is 0 Å². The lowest BCUT2D eigenvalue weighted by Gasteiger charge is -2.08. The van der Waals surface area contributed by atoms with Crippen molar-refractivity contribution in [2.75, 3.05) is 0 Å². The van der Waals surface area contributed by atoms with E-state index in [0.717, 1.165) is 11.6 Å². The van der Waals surface area contributed by atoms with Gasteiger partial charge in [-0.25, -0.2) is 4.98 Å². The normalized spacial score (nSPS) is 11.1. The highest BCUT2D eigenvalue weighted by Crippen LogP contribution is 2.30. The summed E-state index contributed by atoms with van der Waals surface area (Å²) in [6.07, 6.45) is -3.03. The molecular formula is C13H8F3N3. The van der Waals surface area contributed by atoms with Crippen LogP contribution in [0.15, 0.2) is 30.5 Å². The second-order valence-corrected chi connectivity index (χ2v) is 3.92. The van der Waals surface area contributed by atoms with Gasteiger partial charge in [-0.3, -0.25) is 4.98 Å². The van der Waals surface area contributed by atoms with Gasteiger partial charge in [0.05, 0.1) is 5.69 Å². The van der Waals surface area contributed by atoms with Gasteiger partial charge in [-0.15, -0.1) is 0 Å². The summed E-state index contributed by atoms with van der Waals surface area (Å²) in [4.78, 5) is 7.38. The summed E-state index contributed by atoms with van der Waals surface area (Å²) < 4.78 is 37.5. The smallest absolute Gasteiger partial charge is 0.256 e. The second-order valence-electron chi connectivity index (χ2n) is 3.92. The topological polar surface area (TPSA) is 49.6 Å². The molecule has 0 bridgehead atoms. The summed E-state index contributed by atoms with van der Waals surface area (Å²) in [7, 11) is 0. The highest BCUT2D eigenvalue weighted by molar-refractivity contribution is 5.65. The van der Waals surface area contributed by atoms with Crippen molar-refractivity contribution in [1.82, 2.24) is 9.97 Å². The zero-order valence-corrected chi connectivity index (χ0v) is 9.86. The van der Waals surface area contributed by atoms with E-state index in [1.54, 1.807) is 18.2 Å². The molecule has 2 aromatic heterocycles. The third-order valence-corrected chi connectivity index (χ3v) is 2.48. The molecule has 96 valence electrons. The summed E-state index contributed by atoms with van der Waals surface area (Å²) in [6, 6.07) is 7.18. The van der Waals surface area contributed by atoms with Gasteiger partial charge in [0.25, 0.3) is 0 Å². The van der Waals surface area contributed by atoms with Crippen LogP contribution in [0.5, 0.6) is 0 Å². The lowest BCUT2D eigenvalue weighted by atomic mass is 10.1. The molecule has 0 saturated heterocycles. The fourth-order valence-electron chi connectivity index (χ4n) is 1.59. The number of hydrogen-bond acceptors (Lipinski definition) is 3. The van der Waals surface area contributed by atoms with Crippen molar-refractivity contribution >= 4 is 0 Å². The Morgan fingerprint density at radius 1 is 1.21 bits per heavy atom. The van der Waals surface area contributed by atoms with Crippen LogP contribution in [-0.2, 0) is 6.18 Å². The maximum absolute atomic E-state index is 12.5. The fourth-order valence-corrected chi connectivity index (χ4v) is 1.59. The number of nitriles is 1. The van der Waals surface area contributed by atoms with E-state index in [2.05, 4.69) is 9.97 Å². The van der Waals surface area contributed by atoms with E-state index >= 15 is 0 Å². The number of halogens is 3. The molecule has 6 heteroatoms. The molecule has 2 aromatic rings. The predicted octanol–water partition coefficient (Wildman–Crippen LogP) is 3.34. The van der Waals surface area contributed by atoms with Gasteiger partial charge in [0, 0.05) is 11.8 Å². The van der Waals surface area contributed by atoms with Gasteiger partial charge < -0.3 is 0 Å². The quantitative estimate of drug-likeness (QED) is 0.792. The number of aryl methyl sites for hydroxylation is 1. The van der Waals surface area contributed by atoms with Crippen molar-refractivity contribution in [2.24, 2.45) is 0 Å². The lowest BCUT2D eigenvalue weighted by molar-refractivity contribution is -0.141. The molecular weight excluding hydrogens is 255 g/mol. The molecule has 0 aromatic carbocycles. The first kappa shape index (κ1) is 13.0. The van der Waals surface area contributed by atoms with E-state index in [9.17, 15) is 13.2 Å². The first-order valence-corrected chi connectivity index (χ1v) is 5.33. The molecule has 19 heavy (non-hydrogen) atoms. The van der Waals surface area contributed by atoms with Crippen molar-refractivity contribution in [1.29, 1.82) is 5.26 Å². The third kappa shape index (κ3) is 2.71. The minimum atomic E-state index is -4.57. The van der Waals surface area contributed by atoms with Crippen molar-refractivity contribution in [2.45, 2.75) is 13.1 Å². The minimum Gasteiger partial charge on any atom is -0.256 e. The van der Waals surface area contributed by atoms with E-state index in [1.807, 2.05) is 6.92 Å². The molecule has 0 aliphatic carbocycles. The van der Waals surface area contributed by atoms with Gasteiger partial charge in [-0.05, 0) is 36.8 Å². The Morgan fingerprint density at radius 2 is 1.95 bits per heavy atom. The van der Waals surface area contributed by atoms with Gasteiger partial charge >= 0.3 is 6.18 Å². The summed E-state index contributed by atoms with van der Waals surface area (Å²) in [6.45, 7) is 1.83. The predicted molar refractivity (Wildman–Crippen MR) is 61.9 cm³/mol. The van der Waals surface area contributed by atoms with Crippen molar-refractivity contribution in [3.63, 3.8) is 0 Å². The molecule has 3 nitrogen and oxygen atoms in total. The number of rotatable bonds is 1. The van der Waals surface area contributed by atoms with Crippen LogP contribution in [0.4, 0.5) is 13.2 Å². The van der Waals surface area contributed by atoms with Gasteiger partial charge in [-0.1, -0.05) is 0 Å². The van der Waals surface area contributed by atoms with Gasteiger partial charge in [0.15, 0.2) is 5.69 Å². The molecule has 0 aliphatic rings. The molecule has 2 rings (SSSR count). The van der Waals surface area contributed by atoms with Crippen LogP contribution in [-0.4, -0.2) is 9.97 Å². The highest BCUT2D eigenvalue weighted by atomic mass is 19.4. The fraction of sp³-hybridized carbons (Fsp3) is 0.154. The molecule has 0 aliphatic heterocycles. The monoisotopic (exact) mass is 263 g/mol. The van der Waals surface area contributed by atoms with Crippen molar-refractivity contribution in [3.8, 4) is 17.3 Å². The SMILES string of the molecule is Cc1ccnc(-c2ccc(C(F)(F)F)nc2C#N)c1. The molecule has 2 heterocycles. The maximum Gasteiger partial charge on any atom is 0.433 e. The molecule has 0 unspecified atom stereocenters. The Kier molecular flexibility index (Phi) is 3.21. The van der Waals surface area contributed by atoms with Gasteiger partial charge in [0.2, 0.25) is 0 Å². The Balaban J connectivity index is 2.57. The van der Waals surface area contributed by atoms with Crippen LogP contribution < -0.4 is 0 Å². The summed E-state index contributed by atoms with van der Waals surface area (Å²) >= 11 is 0. The minimum absolute atomic E-state index is 0.284. The molecule has 0 radical (unpaired) electrons. The largest absolute Gasteiger partial charge is 0.433 e. The average Bonchev–Trinajstić information content (AvgIpc) is 2.37. The summed E-state index contributed by atoms with van der Waals surface area (Å²) in [5.74, 6) is 0. The van der Waals surface area contributed by atoms with Gasteiger partial charge in [-0.2, -0.15) is 18.4 Å². The molecule has 0 amide bonds. The van der Waals surface area contributed by atoms with E-state index < -0.39 is 11.9 Å². The average molecular weight is 263 g/mol. The van der Waals surface area contributed by atoms with E-state index in [1.165, 1.54) is 12.3 Å². The van der Waals surface area contributed by atoms with Crippen LogP contribution in [0.2, 0.25) is 0 Å². The first-order chi connectivity index (χ1) is 8.91. The lowest BCUT2D eigenvalue weighted by Crippen LogP contribution is -2.09. The standard InChI is InChI=1S/C13H8F3N3/c1-8-4-5-18-10(6-8)9-2-3-12(13(14,15)16)19-11(9)7-17/h2-6H,1H3. The van der Waals surface area contributed by atoms with Crippen molar-refractivity contribution < 1.29 is 13.2 Å². The first-order valence-electron chi connectivity index (χ1n) is 5.33. The number of nitrogens with zero attached hydrogens (tertiary/aromatic N) is 3. The Morgan fingerprint density at radius 3 is 2.53 bits per heavy atom. The number of aromatic nitrogens is 2. The van der Waals surface area contributed by atoms with Crippen LogP contribution in [0.1, 0.15) is 17.0 Å². The van der Waals surface area contributed by atoms with Crippen LogP contribution in [0.25, 0.3) is 11.3 Å². The zero-order chi connectivity index (χ0) is 14.0. The Bertz CT molecular complexity index is 657. The van der Waals surface area contributed by atoms with Crippen LogP contribution in [0, 0.1) is 18.3 Å². The van der Waals surface area contributed by atoms with E-state index in [0.29, 0.717) is 11.3 Å². The van der Waals surface area contributed by atoms with E-state index in [-0.39, 0.29) is 5.69 Å². The molecule has 0 spiro atoms. The molecule has 0 atom stereocenters. The number of pyridine rings is 2. The zero-order valence-electron chi connectivity index (χ0n) is 9.86. The van der Waals surface area contributed by atoms with Crippen LogP contribution in [0.3, 0.4) is 0 Å². The summed E-state index contributed by atoms with van der Waals surface area (Å²) in [5, 5.41) is 8.93. The van der Waals surface area contributed by atoms with Gasteiger partial charge in [0.1, 0.15) is 11.8 Å². The molecule has 0 saturated carbocycles. The van der Waals surface area contributed by atoms with Crippen molar-refractivity contribution in [3.05, 3.63) is 47.4 Å². The summed E-state index contributed by atoms with van der Waals surface area (Å²) in [5.41, 5.74) is 0.249. The second kappa shape index (κ2) is 4.69. The third-order valence-electron chi connectivity index (χ3n) is 2.48.